The Kier molecular flexibility index (Phi) is 9.44. The number of allylic oxidation sites excluding steroid dienone is 2. The summed E-state index contributed by atoms with van der Waals surface area (Å²) in [4.78, 5) is 0. The van der Waals surface area contributed by atoms with Gasteiger partial charge in [-0.2, -0.15) is 5.10 Å². The van der Waals surface area contributed by atoms with Gasteiger partial charge in [-0.25, -0.2) is 0 Å². The molecule has 0 radical (unpaired) electrons. The number of rotatable bonds is 7. The first-order chi connectivity index (χ1) is 18.6. The maximum absolute atomic E-state index is 6.76. The Labute approximate surface area is 250 Å². The molecule has 0 heterocycles. The quantitative estimate of drug-likeness (QED) is 0.181. The van der Waals surface area contributed by atoms with Crippen LogP contribution in [-0.2, 0) is 0 Å². The van der Waals surface area contributed by atoms with Gasteiger partial charge in [-0.1, -0.05) is 78.7 Å². The summed E-state index contributed by atoms with van der Waals surface area (Å²) in [6.45, 7) is 12.5. The van der Waals surface area contributed by atoms with Crippen LogP contribution in [-0.4, -0.2) is 22.2 Å². The first-order valence-corrected chi connectivity index (χ1v) is 17.5. The highest BCUT2D eigenvalue weighted by molar-refractivity contribution is 7.80. The molecular formula is C34H56ClN3S. The van der Waals surface area contributed by atoms with E-state index in [1.165, 1.54) is 89.2 Å². The Morgan fingerprint density at radius 2 is 1.77 bits per heavy atom. The molecule has 0 bridgehead atoms. The van der Waals surface area contributed by atoms with Gasteiger partial charge in [-0.3, -0.25) is 5.43 Å². The molecule has 39 heavy (non-hydrogen) atoms. The first kappa shape index (κ1) is 29.9. The van der Waals surface area contributed by atoms with Crippen LogP contribution < -0.4 is 10.7 Å². The van der Waals surface area contributed by atoms with Crippen molar-refractivity contribution in [2.45, 2.75) is 142 Å². The van der Waals surface area contributed by atoms with Crippen molar-refractivity contribution in [3.63, 3.8) is 0 Å². The maximum atomic E-state index is 6.76. The lowest BCUT2D eigenvalue weighted by Gasteiger charge is -2.58. The van der Waals surface area contributed by atoms with Gasteiger partial charge in [0.1, 0.15) is 0 Å². The summed E-state index contributed by atoms with van der Waals surface area (Å²) in [5.74, 6) is 4.40. The molecule has 0 aromatic rings. The summed E-state index contributed by atoms with van der Waals surface area (Å²) in [6.07, 6.45) is 21.9. The molecule has 0 aromatic carbocycles. The third kappa shape index (κ3) is 6.13. The summed E-state index contributed by atoms with van der Waals surface area (Å²) in [5.41, 5.74) is 6.88. The summed E-state index contributed by atoms with van der Waals surface area (Å²) in [6, 6.07) is 0.501. The standard InChI is InChI=1S/C34H56ClN3S/c1-22(2)10-9-11-23(3)27-14-15-28-31-29(17-19-34(27,28)5)33(4)18-16-25(35)20-24(33)21-30(31)37-38-32(39)36-26-12-7-6-8-13-26/h21-23,25-29,31H,6-20H2,1-5H3,(H2,36,38,39)/b37-30+/t23-,25+,27-,28+,29+,31+,33+,34-/m1/s1. The number of nitrogens with one attached hydrogen (secondary N) is 2. The predicted octanol–water partition coefficient (Wildman–Crippen LogP) is 9.40. The van der Waals surface area contributed by atoms with Gasteiger partial charge in [0.15, 0.2) is 5.11 Å². The molecule has 3 nitrogen and oxygen atoms in total. The Bertz CT molecular complexity index is 939. The molecule has 0 unspecified atom stereocenters. The van der Waals surface area contributed by atoms with Gasteiger partial charge in [-0.05, 0) is 117 Å². The third-order valence-electron chi connectivity index (χ3n) is 12.3. The van der Waals surface area contributed by atoms with Crippen molar-refractivity contribution < 1.29 is 0 Å². The SMILES string of the molecule is CC(C)CCC[C@@H](C)[C@H]1CC[C@H]2[C@@H]3/C(=N/NC(=S)NC4CCCCC4)C=C4C[C@@H](Cl)CC[C@]4(C)[C@H]3CC[C@]12C. The molecule has 0 spiro atoms. The lowest BCUT2D eigenvalue weighted by molar-refractivity contribution is -0.0213. The van der Waals surface area contributed by atoms with Crippen LogP contribution in [0.3, 0.4) is 0 Å². The van der Waals surface area contributed by atoms with Crippen molar-refractivity contribution in [2.75, 3.05) is 0 Å². The van der Waals surface area contributed by atoms with Crippen LogP contribution in [0, 0.1) is 46.3 Å². The van der Waals surface area contributed by atoms with Gasteiger partial charge < -0.3 is 5.32 Å². The fourth-order valence-corrected chi connectivity index (χ4v) is 10.6. The van der Waals surface area contributed by atoms with E-state index >= 15 is 0 Å². The molecule has 5 heteroatoms. The number of halogens is 1. The molecule has 0 aromatic heterocycles. The van der Waals surface area contributed by atoms with Crippen LogP contribution in [0.2, 0.25) is 0 Å². The highest BCUT2D eigenvalue weighted by Crippen LogP contribution is 2.67. The monoisotopic (exact) mass is 573 g/mol. The second-order valence-electron chi connectivity index (χ2n) is 15.2. The highest BCUT2D eigenvalue weighted by Gasteiger charge is 2.60. The number of hydrogen-bond donors (Lipinski definition) is 2. The van der Waals surface area contributed by atoms with Gasteiger partial charge in [0.05, 0.1) is 5.71 Å². The fraction of sp³-hybridized carbons (Fsp3) is 0.882. The summed E-state index contributed by atoms with van der Waals surface area (Å²) in [7, 11) is 0. The van der Waals surface area contributed by atoms with Crippen LogP contribution >= 0.6 is 23.8 Å². The van der Waals surface area contributed by atoms with Crippen LogP contribution in [0.25, 0.3) is 0 Å². The zero-order valence-electron chi connectivity index (χ0n) is 25.5. The Morgan fingerprint density at radius 1 is 1.00 bits per heavy atom. The molecule has 4 fully saturated rings. The first-order valence-electron chi connectivity index (χ1n) is 16.6. The number of nitrogens with zero attached hydrogens (tertiary/aromatic N) is 1. The van der Waals surface area contributed by atoms with Crippen molar-refractivity contribution in [2.24, 2.45) is 51.4 Å². The van der Waals surface area contributed by atoms with Crippen molar-refractivity contribution in [3.05, 3.63) is 11.6 Å². The molecule has 5 aliphatic rings. The zero-order chi connectivity index (χ0) is 27.8. The average molecular weight is 574 g/mol. The normalized spacial score (nSPS) is 40.4. The van der Waals surface area contributed by atoms with Crippen molar-refractivity contribution in [1.82, 2.24) is 10.7 Å². The molecule has 5 rings (SSSR count). The molecule has 0 aliphatic heterocycles. The summed E-state index contributed by atoms with van der Waals surface area (Å²) in [5, 5.41) is 9.70. The van der Waals surface area contributed by atoms with Crippen molar-refractivity contribution in [1.29, 1.82) is 0 Å². The van der Waals surface area contributed by atoms with E-state index in [0.29, 0.717) is 28.4 Å². The minimum atomic E-state index is 0.264. The van der Waals surface area contributed by atoms with E-state index in [1.807, 2.05) is 0 Å². The van der Waals surface area contributed by atoms with Gasteiger partial charge in [0.25, 0.3) is 0 Å². The molecule has 2 N–H and O–H groups in total. The Hall–Kier alpha value is -0.610. The minimum Gasteiger partial charge on any atom is -0.359 e. The van der Waals surface area contributed by atoms with Crippen LogP contribution in [0.15, 0.2) is 16.8 Å². The van der Waals surface area contributed by atoms with Crippen molar-refractivity contribution >= 4 is 34.6 Å². The number of alkyl halides is 1. The van der Waals surface area contributed by atoms with Gasteiger partial charge in [0, 0.05) is 17.3 Å². The summed E-state index contributed by atoms with van der Waals surface area (Å²) < 4.78 is 0. The lowest BCUT2D eigenvalue weighted by atomic mass is 9.46. The Morgan fingerprint density at radius 3 is 2.51 bits per heavy atom. The summed E-state index contributed by atoms with van der Waals surface area (Å²) >= 11 is 12.5. The average Bonchev–Trinajstić information content (AvgIpc) is 3.25. The van der Waals surface area contributed by atoms with Crippen LogP contribution in [0.1, 0.15) is 131 Å². The molecule has 0 saturated heterocycles. The van der Waals surface area contributed by atoms with E-state index in [-0.39, 0.29) is 10.8 Å². The van der Waals surface area contributed by atoms with E-state index < -0.39 is 0 Å². The van der Waals surface area contributed by atoms with E-state index in [0.717, 1.165) is 36.5 Å². The van der Waals surface area contributed by atoms with Crippen LogP contribution in [0.4, 0.5) is 0 Å². The number of hydrazone groups is 1. The zero-order valence-corrected chi connectivity index (χ0v) is 27.1. The molecule has 220 valence electrons. The van der Waals surface area contributed by atoms with E-state index in [1.54, 1.807) is 5.57 Å². The molecule has 4 saturated carbocycles. The topological polar surface area (TPSA) is 36.4 Å². The smallest absolute Gasteiger partial charge is 0.187 e. The van der Waals surface area contributed by atoms with E-state index in [2.05, 4.69) is 51.4 Å². The molecule has 0 amide bonds. The van der Waals surface area contributed by atoms with E-state index in [4.69, 9.17) is 28.9 Å². The van der Waals surface area contributed by atoms with Gasteiger partial charge in [0.2, 0.25) is 0 Å². The number of fused-ring (bicyclic) bond motifs is 5. The third-order valence-corrected chi connectivity index (χ3v) is 12.9. The molecular weight excluding hydrogens is 518 g/mol. The number of hydrogen-bond acceptors (Lipinski definition) is 2. The second kappa shape index (κ2) is 12.3. The maximum Gasteiger partial charge on any atom is 0.187 e. The molecule has 8 atom stereocenters. The lowest BCUT2D eigenvalue weighted by Crippen LogP contribution is -2.54. The second-order valence-corrected chi connectivity index (χ2v) is 16.2. The predicted molar refractivity (Wildman–Crippen MR) is 171 cm³/mol. The van der Waals surface area contributed by atoms with Gasteiger partial charge >= 0.3 is 0 Å². The van der Waals surface area contributed by atoms with E-state index in [9.17, 15) is 0 Å². The molecule has 5 aliphatic carbocycles. The number of thiocarbonyl (C=S) groups is 1. The Balaban J connectivity index is 1.39. The minimum absolute atomic E-state index is 0.264. The van der Waals surface area contributed by atoms with Crippen molar-refractivity contribution in [3.8, 4) is 0 Å². The van der Waals surface area contributed by atoms with Gasteiger partial charge in [-0.15, -0.1) is 11.6 Å². The fourth-order valence-electron chi connectivity index (χ4n) is 10.1. The largest absolute Gasteiger partial charge is 0.359 e. The highest BCUT2D eigenvalue weighted by atomic mass is 35.5. The van der Waals surface area contributed by atoms with Crippen LogP contribution in [0.5, 0.6) is 0 Å².